The van der Waals surface area contributed by atoms with Crippen molar-refractivity contribution in [3.8, 4) is 22.3 Å². The van der Waals surface area contributed by atoms with E-state index in [9.17, 15) is 0 Å². The Labute approximate surface area is 205 Å². The molecule has 0 aromatic heterocycles. The molecule has 0 bridgehead atoms. The van der Waals surface area contributed by atoms with E-state index in [1.54, 1.807) is 0 Å². The molecule has 0 aliphatic carbocycles. The highest BCUT2D eigenvalue weighted by atomic mass is 15.3. The first-order chi connectivity index (χ1) is 17.4. The van der Waals surface area contributed by atoms with Gasteiger partial charge in [0.05, 0.1) is 5.70 Å². The molecule has 2 heterocycles. The van der Waals surface area contributed by atoms with Gasteiger partial charge in [0.25, 0.3) is 0 Å². The molecule has 2 aliphatic rings. The molecule has 2 aliphatic heterocycles. The molecule has 0 spiro atoms. The van der Waals surface area contributed by atoms with Gasteiger partial charge in [0, 0.05) is 12.4 Å². The van der Waals surface area contributed by atoms with E-state index in [-0.39, 0.29) is 6.17 Å². The third kappa shape index (κ3) is 3.26. The fraction of sp³-hybridized carbons (Fsp3) is 0.0303. The van der Waals surface area contributed by atoms with Crippen LogP contribution in [-0.2, 0) is 0 Å². The van der Waals surface area contributed by atoms with E-state index in [1.807, 2.05) is 0 Å². The van der Waals surface area contributed by atoms with E-state index in [0.717, 1.165) is 5.70 Å². The van der Waals surface area contributed by atoms with Crippen molar-refractivity contribution in [3.05, 3.63) is 139 Å². The minimum atomic E-state index is 0.202. The Kier molecular flexibility index (Phi) is 4.56. The van der Waals surface area contributed by atoms with Gasteiger partial charge in [-0.2, -0.15) is 0 Å². The topological polar surface area (TPSA) is 15.3 Å². The van der Waals surface area contributed by atoms with Crippen LogP contribution in [0.4, 0.5) is 0 Å². The molecule has 0 radical (unpaired) electrons. The Bertz CT molecular complexity index is 1600. The average molecular weight is 449 g/mol. The van der Waals surface area contributed by atoms with Gasteiger partial charge >= 0.3 is 0 Å². The van der Waals surface area contributed by atoms with Gasteiger partial charge in [0.15, 0.2) is 0 Å². The number of hydrogen-bond acceptors (Lipinski definition) is 2. The predicted molar refractivity (Wildman–Crippen MR) is 147 cm³/mol. The number of nitrogens with zero attached hydrogens (tertiary/aromatic N) is 1. The summed E-state index contributed by atoms with van der Waals surface area (Å²) in [6, 6.07) is 37.3. The molecule has 1 unspecified atom stereocenters. The van der Waals surface area contributed by atoms with E-state index >= 15 is 0 Å². The Morgan fingerprint density at radius 2 is 1.03 bits per heavy atom. The SMILES string of the molecule is C1=CC2NC(c3ccc(-c4c5ccccc5c(-c5ccccc5)c5ccccc45)cc3)=CN2C=C1. The van der Waals surface area contributed by atoms with Crippen molar-refractivity contribution >= 4 is 27.2 Å². The van der Waals surface area contributed by atoms with Crippen molar-refractivity contribution in [1.82, 2.24) is 10.2 Å². The van der Waals surface area contributed by atoms with Gasteiger partial charge in [0.1, 0.15) is 6.17 Å². The van der Waals surface area contributed by atoms with Crippen LogP contribution in [-0.4, -0.2) is 11.1 Å². The van der Waals surface area contributed by atoms with Crippen LogP contribution in [0.25, 0.3) is 49.5 Å². The van der Waals surface area contributed by atoms with Gasteiger partial charge in [-0.1, -0.05) is 109 Å². The molecule has 5 aromatic carbocycles. The molecule has 166 valence electrons. The Morgan fingerprint density at radius 3 is 1.60 bits per heavy atom. The summed E-state index contributed by atoms with van der Waals surface area (Å²) < 4.78 is 0. The second kappa shape index (κ2) is 8.03. The summed E-state index contributed by atoms with van der Waals surface area (Å²) >= 11 is 0. The number of fused-ring (bicyclic) bond motifs is 3. The second-order valence-electron chi connectivity index (χ2n) is 9.09. The van der Waals surface area contributed by atoms with Crippen molar-refractivity contribution in [2.75, 3.05) is 0 Å². The van der Waals surface area contributed by atoms with Crippen molar-refractivity contribution in [2.24, 2.45) is 0 Å². The minimum Gasteiger partial charge on any atom is -0.360 e. The Morgan fingerprint density at radius 1 is 0.514 bits per heavy atom. The van der Waals surface area contributed by atoms with Crippen LogP contribution in [0.3, 0.4) is 0 Å². The normalized spacial score (nSPS) is 16.4. The van der Waals surface area contributed by atoms with E-state index < -0.39 is 0 Å². The number of hydrogen-bond donors (Lipinski definition) is 1. The zero-order chi connectivity index (χ0) is 23.2. The standard InChI is InChI=1S/C33H24N2/c1-2-10-24(11-3-1)32-26-12-4-6-14-28(26)33(29-15-7-5-13-27(29)32)25-19-17-23(18-20-25)30-22-35-21-9-8-16-31(35)34-30/h1-22,31,34H. The third-order valence-electron chi connectivity index (χ3n) is 7.04. The van der Waals surface area contributed by atoms with Crippen molar-refractivity contribution in [3.63, 3.8) is 0 Å². The molecule has 5 aromatic rings. The van der Waals surface area contributed by atoms with Gasteiger partial charge < -0.3 is 10.2 Å². The van der Waals surface area contributed by atoms with Crippen LogP contribution < -0.4 is 5.32 Å². The molecule has 0 saturated carbocycles. The highest BCUT2D eigenvalue weighted by Crippen LogP contribution is 2.43. The average Bonchev–Trinajstić information content (AvgIpc) is 3.37. The molecule has 2 nitrogen and oxygen atoms in total. The zero-order valence-electron chi connectivity index (χ0n) is 19.2. The van der Waals surface area contributed by atoms with E-state index in [0.29, 0.717) is 0 Å². The molecule has 7 rings (SSSR count). The van der Waals surface area contributed by atoms with Gasteiger partial charge in [-0.3, -0.25) is 0 Å². The van der Waals surface area contributed by atoms with Crippen molar-refractivity contribution in [1.29, 1.82) is 0 Å². The number of rotatable bonds is 3. The van der Waals surface area contributed by atoms with Gasteiger partial charge in [-0.15, -0.1) is 0 Å². The lowest BCUT2D eigenvalue weighted by molar-refractivity contribution is 0.427. The molecular formula is C33H24N2. The summed E-state index contributed by atoms with van der Waals surface area (Å²) in [6.45, 7) is 0. The summed E-state index contributed by atoms with van der Waals surface area (Å²) in [5.41, 5.74) is 7.41. The molecule has 35 heavy (non-hydrogen) atoms. The number of benzene rings is 5. The lowest BCUT2D eigenvalue weighted by atomic mass is 9.86. The third-order valence-corrected chi connectivity index (χ3v) is 7.04. The molecule has 1 N–H and O–H groups in total. The number of allylic oxidation sites excluding steroid dienone is 2. The highest BCUT2D eigenvalue weighted by Gasteiger charge is 2.22. The molecule has 2 heteroatoms. The fourth-order valence-corrected chi connectivity index (χ4v) is 5.43. The molecule has 0 amide bonds. The summed E-state index contributed by atoms with van der Waals surface area (Å²) in [7, 11) is 0. The zero-order valence-corrected chi connectivity index (χ0v) is 19.2. The van der Waals surface area contributed by atoms with Crippen LogP contribution in [0.1, 0.15) is 5.56 Å². The molecule has 0 saturated heterocycles. The lowest BCUT2D eigenvalue weighted by Gasteiger charge is -2.20. The van der Waals surface area contributed by atoms with Crippen LogP contribution in [0, 0.1) is 0 Å². The first-order valence-electron chi connectivity index (χ1n) is 12.1. The van der Waals surface area contributed by atoms with Crippen LogP contribution in [0.5, 0.6) is 0 Å². The van der Waals surface area contributed by atoms with E-state index in [2.05, 4.69) is 144 Å². The predicted octanol–water partition coefficient (Wildman–Crippen LogP) is 7.94. The van der Waals surface area contributed by atoms with E-state index in [1.165, 1.54) is 49.4 Å². The Balaban J connectivity index is 1.41. The lowest BCUT2D eigenvalue weighted by Crippen LogP contribution is -2.31. The summed E-state index contributed by atoms with van der Waals surface area (Å²) in [6.07, 6.45) is 10.8. The monoisotopic (exact) mass is 448 g/mol. The fourth-order valence-electron chi connectivity index (χ4n) is 5.43. The maximum Gasteiger partial charge on any atom is 0.122 e. The quantitative estimate of drug-likeness (QED) is 0.282. The first kappa shape index (κ1) is 19.9. The minimum absolute atomic E-state index is 0.202. The van der Waals surface area contributed by atoms with Crippen molar-refractivity contribution in [2.45, 2.75) is 6.17 Å². The first-order valence-corrected chi connectivity index (χ1v) is 12.1. The van der Waals surface area contributed by atoms with Crippen LogP contribution >= 0.6 is 0 Å². The maximum absolute atomic E-state index is 3.60. The van der Waals surface area contributed by atoms with Gasteiger partial charge in [0.2, 0.25) is 0 Å². The second-order valence-corrected chi connectivity index (χ2v) is 9.09. The van der Waals surface area contributed by atoms with Crippen molar-refractivity contribution < 1.29 is 0 Å². The van der Waals surface area contributed by atoms with E-state index in [4.69, 9.17) is 0 Å². The Hall–Kier alpha value is -4.56. The maximum atomic E-state index is 3.60. The molecular weight excluding hydrogens is 424 g/mol. The largest absolute Gasteiger partial charge is 0.360 e. The summed E-state index contributed by atoms with van der Waals surface area (Å²) in [5.74, 6) is 0. The smallest absolute Gasteiger partial charge is 0.122 e. The number of nitrogens with one attached hydrogen (secondary N) is 1. The highest BCUT2D eigenvalue weighted by molar-refractivity contribution is 6.21. The summed E-state index contributed by atoms with van der Waals surface area (Å²) in [4.78, 5) is 2.20. The van der Waals surface area contributed by atoms with Gasteiger partial charge in [-0.25, -0.2) is 0 Å². The van der Waals surface area contributed by atoms with Gasteiger partial charge in [-0.05, 0) is 61.5 Å². The van der Waals surface area contributed by atoms with Crippen LogP contribution in [0.15, 0.2) is 134 Å². The molecule has 0 fully saturated rings. The molecule has 1 atom stereocenters. The summed E-state index contributed by atoms with van der Waals surface area (Å²) in [5, 5.41) is 8.73. The van der Waals surface area contributed by atoms with Crippen LogP contribution in [0.2, 0.25) is 0 Å².